The fourth-order valence-electron chi connectivity index (χ4n) is 1.90. The van der Waals surface area contributed by atoms with E-state index in [9.17, 15) is 13.2 Å². The molecular weight excluding hydrogens is 225 g/mol. The summed E-state index contributed by atoms with van der Waals surface area (Å²) >= 11 is 0.821. The van der Waals surface area contributed by atoms with E-state index in [0.717, 1.165) is 12.1 Å². The van der Waals surface area contributed by atoms with Gasteiger partial charge in [0.2, 0.25) is 0 Å². The summed E-state index contributed by atoms with van der Waals surface area (Å²) in [6, 6.07) is 0.173. The van der Waals surface area contributed by atoms with Crippen LogP contribution in [-0.2, 0) is 6.42 Å². The molecule has 1 aromatic rings. The van der Waals surface area contributed by atoms with Gasteiger partial charge >= 0.3 is 0 Å². The molecule has 0 saturated carbocycles. The summed E-state index contributed by atoms with van der Waals surface area (Å²) < 4.78 is 42.4. The van der Waals surface area contributed by atoms with Gasteiger partial charge in [-0.2, -0.15) is 0 Å². The second-order valence-corrected chi connectivity index (χ2v) is 3.84. The summed E-state index contributed by atoms with van der Waals surface area (Å²) in [6.45, 7) is 0. The van der Waals surface area contributed by atoms with Gasteiger partial charge in [0.25, 0.3) is 0 Å². The lowest BCUT2D eigenvalue weighted by molar-refractivity contribution is 0.477. The monoisotopic (exact) mass is 234 g/mol. The minimum absolute atomic E-state index is 0.0745. The van der Waals surface area contributed by atoms with Crippen molar-refractivity contribution in [2.45, 2.75) is 18.9 Å². The van der Waals surface area contributed by atoms with E-state index < -0.39 is 23.5 Å². The summed E-state index contributed by atoms with van der Waals surface area (Å²) in [5.74, 6) is -2.81. The third kappa shape index (κ3) is 1.73. The van der Waals surface area contributed by atoms with Gasteiger partial charge in [0, 0.05) is 29.8 Å². The maximum atomic E-state index is 13.4. The van der Waals surface area contributed by atoms with Gasteiger partial charge in [-0.1, -0.05) is 0 Å². The topological polar surface area (TPSA) is 38.0 Å². The average Bonchev–Trinajstić information content (AvgIpc) is 2.60. The summed E-state index contributed by atoms with van der Waals surface area (Å²) in [4.78, 5) is 0. The molecule has 0 radical (unpaired) electrons. The number of nitrogens with two attached hydrogens (primary N) is 1. The Morgan fingerprint density at radius 3 is 2.73 bits per heavy atom. The van der Waals surface area contributed by atoms with E-state index >= 15 is 0 Å². The molecule has 0 heterocycles. The van der Waals surface area contributed by atoms with E-state index in [1.54, 1.807) is 0 Å². The van der Waals surface area contributed by atoms with Gasteiger partial charge in [-0.15, -0.1) is 0 Å². The number of hydrogen-bond donors (Lipinski definition) is 2. The molecule has 0 bridgehead atoms. The van der Waals surface area contributed by atoms with E-state index in [1.165, 1.54) is 0 Å². The molecule has 0 saturated heterocycles. The second-order valence-electron chi connectivity index (χ2n) is 3.37. The van der Waals surface area contributed by atoms with Crippen LogP contribution in [0.1, 0.15) is 23.6 Å². The predicted octanol–water partition coefficient (Wildman–Crippen LogP) is 2.20. The van der Waals surface area contributed by atoms with Crippen molar-refractivity contribution in [3.8, 4) is 0 Å². The zero-order valence-electron chi connectivity index (χ0n) is 7.69. The maximum absolute atomic E-state index is 13.4. The molecule has 0 amide bonds. The van der Waals surface area contributed by atoms with Crippen LogP contribution in [0.25, 0.3) is 0 Å². The summed E-state index contributed by atoms with van der Waals surface area (Å²) in [5.41, 5.74) is 0.325. The first-order chi connectivity index (χ1) is 7.15. The summed E-state index contributed by atoms with van der Waals surface area (Å²) in [7, 11) is 0. The first-order valence-corrected chi connectivity index (χ1v) is 5.30. The number of halogens is 3. The van der Waals surface area contributed by atoms with Crippen molar-refractivity contribution >= 4 is 12.1 Å². The third-order valence-electron chi connectivity index (χ3n) is 2.55. The zero-order chi connectivity index (χ0) is 11.0. The number of hydrogen-bond acceptors (Lipinski definition) is 3. The lowest BCUT2D eigenvalue weighted by Crippen LogP contribution is -2.15. The van der Waals surface area contributed by atoms with Crippen molar-refractivity contribution in [3.05, 3.63) is 34.6 Å². The van der Waals surface area contributed by atoms with Crippen LogP contribution >= 0.6 is 12.1 Å². The molecule has 2 rings (SSSR count). The van der Waals surface area contributed by atoms with E-state index in [2.05, 4.69) is 4.72 Å². The number of benzene rings is 1. The smallest absolute Gasteiger partial charge is 0.164 e. The second kappa shape index (κ2) is 4.03. The van der Waals surface area contributed by atoms with Crippen LogP contribution in [0.5, 0.6) is 0 Å². The average molecular weight is 234 g/mol. The fraction of sp³-hybridized carbons (Fsp3) is 0.333. The van der Waals surface area contributed by atoms with Crippen molar-refractivity contribution in [3.63, 3.8) is 0 Å². The van der Waals surface area contributed by atoms with E-state index in [-0.39, 0.29) is 11.1 Å². The van der Waals surface area contributed by atoms with Crippen LogP contribution in [0, 0.1) is 17.5 Å². The maximum Gasteiger partial charge on any atom is 0.164 e. The summed E-state index contributed by atoms with van der Waals surface area (Å²) in [6.07, 6.45) is 0.924. The van der Waals surface area contributed by atoms with Crippen LogP contribution in [0.3, 0.4) is 0 Å². The number of nitrogens with one attached hydrogen (secondary N) is 1. The van der Waals surface area contributed by atoms with E-state index in [4.69, 9.17) is 5.14 Å². The SMILES string of the molecule is NSNC1CCc2c(F)cc(F)c(F)c21. The molecule has 15 heavy (non-hydrogen) atoms. The van der Waals surface area contributed by atoms with Gasteiger partial charge in [0.1, 0.15) is 5.82 Å². The molecule has 1 atom stereocenters. The van der Waals surface area contributed by atoms with Crippen LogP contribution in [0.4, 0.5) is 13.2 Å². The Kier molecular flexibility index (Phi) is 2.90. The molecule has 6 heteroatoms. The number of fused-ring (bicyclic) bond motifs is 1. The lowest BCUT2D eigenvalue weighted by atomic mass is 10.1. The molecule has 0 spiro atoms. The minimum atomic E-state index is -1.15. The molecule has 82 valence electrons. The van der Waals surface area contributed by atoms with Gasteiger partial charge < -0.3 is 0 Å². The van der Waals surface area contributed by atoms with Crippen LogP contribution < -0.4 is 9.86 Å². The molecule has 1 aliphatic rings. The first-order valence-electron chi connectivity index (χ1n) is 4.42. The zero-order valence-corrected chi connectivity index (χ0v) is 8.50. The Morgan fingerprint density at radius 2 is 2.07 bits per heavy atom. The molecule has 0 aromatic heterocycles. The first kappa shape index (κ1) is 10.8. The highest BCUT2D eigenvalue weighted by molar-refractivity contribution is 7.95. The molecule has 0 aliphatic heterocycles. The van der Waals surface area contributed by atoms with E-state index in [0.29, 0.717) is 18.9 Å². The van der Waals surface area contributed by atoms with Crippen LogP contribution in [0.15, 0.2) is 6.07 Å². The molecule has 3 N–H and O–H groups in total. The lowest BCUT2D eigenvalue weighted by Gasteiger charge is -2.12. The fourth-order valence-corrected chi connectivity index (χ4v) is 2.30. The Hall–Kier alpha value is -0.720. The van der Waals surface area contributed by atoms with Crippen molar-refractivity contribution in [1.29, 1.82) is 0 Å². The quantitative estimate of drug-likeness (QED) is 0.608. The van der Waals surface area contributed by atoms with Crippen LogP contribution in [0.2, 0.25) is 0 Å². The highest BCUT2D eigenvalue weighted by Crippen LogP contribution is 2.36. The third-order valence-corrected chi connectivity index (χ3v) is 2.98. The standard InChI is InChI=1S/C9H9F3N2S/c10-5-3-6(11)9(12)8-4(5)1-2-7(8)14-15-13/h3,7,14H,1-2,13H2. The molecule has 1 aromatic carbocycles. The molecule has 0 fully saturated rings. The minimum Gasteiger partial charge on any atom is -0.264 e. The number of rotatable bonds is 2. The van der Waals surface area contributed by atoms with Gasteiger partial charge in [-0.25, -0.2) is 17.9 Å². The molecular formula is C9H9F3N2S. The Labute approximate surface area is 89.3 Å². The van der Waals surface area contributed by atoms with Crippen molar-refractivity contribution in [1.82, 2.24) is 4.72 Å². The molecule has 2 nitrogen and oxygen atoms in total. The van der Waals surface area contributed by atoms with Gasteiger partial charge in [-0.05, 0) is 18.4 Å². The Balaban J connectivity index is 2.50. The predicted molar refractivity (Wildman–Crippen MR) is 52.3 cm³/mol. The van der Waals surface area contributed by atoms with Gasteiger partial charge in [0.05, 0.1) is 0 Å². The molecule has 1 aliphatic carbocycles. The molecule has 1 unspecified atom stereocenters. The van der Waals surface area contributed by atoms with Gasteiger partial charge in [0.15, 0.2) is 11.6 Å². The largest absolute Gasteiger partial charge is 0.264 e. The van der Waals surface area contributed by atoms with E-state index in [1.807, 2.05) is 0 Å². The van der Waals surface area contributed by atoms with Gasteiger partial charge in [-0.3, -0.25) is 5.14 Å². The normalized spacial score (nSPS) is 19.3. The van der Waals surface area contributed by atoms with Crippen molar-refractivity contribution < 1.29 is 13.2 Å². The Bertz CT molecular complexity index is 397. The summed E-state index contributed by atoms with van der Waals surface area (Å²) in [5, 5.41) is 5.19. The van der Waals surface area contributed by atoms with Crippen molar-refractivity contribution in [2.24, 2.45) is 5.14 Å². The highest BCUT2D eigenvalue weighted by Gasteiger charge is 2.30. The Morgan fingerprint density at radius 1 is 1.33 bits per heavy atom. The highest BCUT2D eigenvalue weighted by atomic mass is 32.2. The van der Waals surface area contributed by atoms with Crippen molar-refractivity contribution in [2.75, 3.05) is 0 Å². The van der Waals surface area contributed by atoms with Crippen LogP contribution in [-0.4, -0.2) is 0 Å².